The number of nitrogens with zero attached hydrogens (tertiary/aromatic N) is 5. The number of hydrazone groups is 1. The van der Waals surface area contributed by atoms with E-state index in [-0.39, 0.29) is 10.8 Å². The van der Waals surface area contributed by atoms with Gasteiger partial charge in [0.2, 0.25) is 5.95 Å². The molecular formula is C18H16ClF3N6. The van der Waals surface area contributed by atoms with Crippen LogP contribution in [0.3, 0.4) is 0 Å². The molecule has 0 aliphatic heterocycles. The molecule has 1 aromatic carbocycles. The van der Waals surface area contributed by atoms with Crippen LogP contribution in [0.15, 0.2) is 35.4 Å². The van der Waals surface area contributed by atoms with Crippen LogP contribution in [0.2, 0.25) is 5.15 Å². The minimum Gasteiger partial charge on any atom is -0.245 e. The summed E-state index contributed by atoms with van der Waals surface area (Å²) in [6.45, 7) is 5.36. The molecule has 0 unspecified atom stereocenters. The Hall–Kier alpha value is -2.94. The first kappa shape index (κ1) is 19.8. The first-order chi connectivity index (χ1) is 13.1. The standard InChI is InChI=1S/C18H16ClF3N6/c1-10-7-11(2)25-17(24-10)26-23-9-15-12(3)27-28(16(15)19)14-6-4-5-13(8-14)18(20,21)22/h4-9H,1-3H3,(H,24,25,26). The highest BCUT2D eigenvalue weighted by atomic mass is 35.5. The first-order valence-corrected chi connectivity index (χ1v) is 8.57. The van der Waals surface area contributed by atoms with Crippen LogP contribution in [0.1, 0.15) is 28.2 Å². The SMILES string of the molecule is Cc1cc(C)nc(NN=Cc2c(C)nn(-c3cccc(C(F)(F)F)c3)c2Cl)n1. The fourth-order valence-electron chi connectivity index (χ4n) is 2.57. The summed E-state index contributed by atoms with van der Waals surface area (Å²) in [5.74, 6) is 0.327. The molecule has 1 N–H and O–H groups in total. The van der Waals surface area contributed by atoms with E-state index >= 15 is 0 Å². The number of hydrogen-bond donors (Lipinski definition) is 1. The molecule has 28 heavy (non-hydrogen) atoms. The Morgan fingerprint density at radius 2 is 1.79 bits per heavy atom. The Balaban J connectivity index is 1.88. The minimum atomic E-state index is -4.45. The monoisotopic (exact) mass is 408 g/mol. The molecule has 2 heterocycles. The molecule has 10 heteroatoms. The smallest absolute Gasteiger partial charge is 0.245 e. The second kappa shape index (κ2) is 7.59. The van der Waals surface area contributed by atoms with Gasteiger partial charge in [0, 0.05) is 11.4 Å². The third kappa shape index (κ3) is 4.30. The average Bonchev–Trinajstić information content (AvgIpc) is 2.88. The topological polar surface area (TPSA) is 68.0 Å². The Labute approximate surface area is 164 Å². The van der Waals surface area contributed by atoms with Gasteiger partial charge >= 0.3 is 6.18 Å². The van der Waals surface area contributed by atoms with Gasteiger partial charge < -0.3 is 0 Å². The molecule has 3 rings (SSSR count). The molecule has 0 radical (unpaired) electrons. The zero-order valence-electron chi connectivity index (χ0n) is 15.2. The Morgan fingerprint density at radius 3 is 2.43 bits per heavy atom. The maximum Gasteiger partial charge on any atom is 0.416 e. The van der Waals surface area contributed by atoms with Crippen LogP contribution in [0, 0.1) is 20.8 Å². The lowest BCUT2D eigenvalue weighted by molar-refractivity contribution is -0.137. The van der Waals surface area contributed by atoms with Crippen molar-refractivity contribution in [3.05, 3.63) is 63.7 Å². The molecule has 146 valence electrons. The maximum atomic E-state index is 12.9. The van der Waals surface area contributed by atoms with E-state index in [2.05, 4.69) is 25.6 Å². The molecule has 3 aromatic rings. The summed E-state index contributed by atoms with van der Waals surface area (Å²) in [5, 5.41) is 8.43. The number of anilines is 1. The van der Waals surface area contributed by atoms with Crippen LogP contribution in [0.4, 0.5) is 19.1 Å². The summed E-state index contributed by atoms with van der Waals surface area (Å²) in [6, 6.07) is 6.61. The van der Waals surface area contributed by atoms with Crippen molar-refractivity contribution in [1.29, 1.82) is 0 Å². The maximum absolute atomic E-state index is 12.9. The summed E-state index contributed by atoms with van der Waals surface area (Å²) in [6.07, 6.45) is -3.03. The molecule has 0 amide bonds. The van der Waals surface area contributed by atoms with Crippen molar-refractivity contribution < 1.29 is 13.2 Å². The van der Waals surface area contributed by atoms with Crippen LogP contribution in [-0.4, -0.2) is 26.0 Å². The molecule has 0 spiro atoms. The highest BCUT2D eigenvalue weighted by Gasteiger charge is 2.30. The van der Waals surface area contributed by atoms with Gasteiger partial charge in [-0.05, 0) is 45.0 Å². The summed E-state index contributed by atoms with van der Waals surface area (Å²) >= 11 is 6.33. The van der Waals surface area contributed by atoms with E-state index in [4.69, 9.17) is 11.6 Å². The summed E-state index contributed by atoms with van der Waals surface area (Å²) in [4.78, 5) is 8.40. The lowest BCUT2D eigenvalue weighted by Crippen LogP contribution is -2.06. The van der Waals surface area contributed by atoms with Gasteiger partial charge in [0.1, 0.15) is 5.15 Å². The number of alkyl halides is 3. The molecule has 6 nitrogen and oxygen atoms in total. The number of benzene rings is 1. The molecule has 2 aromatic heterocycles. The van der Waals surface area contributed by atoms with E-state index < -0.39 is 11.7 Å². The van der Waals surface area contributed by atoms with Gasteiger partial charge in [-0.3, -0.25) is 0 Å². The highest BCUT2D eigenvalue weighted by Crippen LogP contribution is 2.31. The molecule has 0 fully saturated rings. The zero-order valence-corrected chi connectivity index (χ0v) is 16.0. The second-order valence-corrected chi connectivity index (χ2v) is 6.45. The number of aryl methyl sites for hydroxylation is 3. The van der Waals surface area contributed by atoms with E-state index in [0.717, 1.165) is 23.5 Å². The van der Waals surface area contributed by atoms with Crippen molar-refractivity contribution in [2.45, 2.75) is 26.9 Å². The number of aromatic nitrogens is 4. The Kier molecular flexibility index (Phi) is 5.37. The van der Waals surface area contributed by atoms with Crippen molar-refractivity contribution in [3.63, 3.8) is 0 Å². The van der Waals surface area contributed by atoms with Crippen LogP contribution in [0.5, 0.6) is 0 Å². The molecule has 0 saturated heterocycles. The van der Waals surface area contributed by atoms with E-state index in [1.165, 1.54) is 23.0 Å². The van der Waals surface area contributed by atoms with Crippen LogP contribution in [-0.2, 0) is 6.18 Å². The van der Waals surface area contributed by atoms with Gasteiger partial charge in [0.15, 0.2) is 0 Å². The van der Waals surface area contributed by atoms with E-state index in [9.17, 15) is 13.2 Å². The molecule has 0 aliphatic rings. The summed E-state index contributed by atoms with van der Waals surface area (Å²) < 4.78 is 40.1. The van der Waals surface area contributed by atoms with E-state index in [0.29, 0.717) is 17.2 Å². The van der Waals surface area contributed by atoms with Crippen molar-refractivity contribution in [3.8, 4) is 5.69 Å². The molecule has 0 bridgehead atoms. The van der Waals surface area contributed by atoms with Crippen LogP contribution >= 0.6 is 11.6 Å². The fourth-order valence-corrected chi connectivity index (χ4v) is 2.89. The second-order valence-electron chi connectivity index (χ2n) is 6.09. The van der Waals surface area contributed by atoms with Gasteiger partial charge in [-0.15, -0.1) is 0 Å². The fraction of sp³-hybridized carbons (Fsp3) is 0.222. The predicted octanol–water partition coefficient (Wildman–Crippen LogP) is 4.71. The first-order valence-electron chi connectivity index (χ1n) is 8.19. The summed E-state index contributed by atoms with van der Waals surface area (Å²) in [7, 11) is 0. The highest BCUT2D eigenvalue weighted by molar-refractivity contribution is 6.32. The van der Waals surface area contributed by atoms with Crippen molar-refractivity contribution >= 4 is 23.8 Å². The lowest BCUT2D eigenvalue weighted by atomic mass is 10.2. The quantitative estimate of drug-likeness (QED) is 0.501. The third-order valence-corrected chi connectivity index (χ3v) is 4.17. The Morgan fingerprint density at radius 1 is 1.11 bits per heavy atom. The number of halogens is 4. The molecule has 0 aliphatic carbocycles. The van der Waals surface area contributed by atoms with Gasteiger partial charge in [-0.1, -0.05) is 17.7 Å². The van der Waals surface area contributed by atoms with Gasteiger partial charge in [0.25, 0.3) is 0 Å². The largest absolute Gasteiger partial charge is 0.416 e. The Bertz CT molecular complexity index is 1020. The number of nitrogens with one attached hydrogen (secondary N) is 1. The lowest BCUT2D eigenvalue weighted by Gasteiger charge is -2.09. The van der Waals surface area contributed by atoms with Gasteiger partial charge in [0.05, 0.1) is 28.7 Å². The van der Waals surface area contributed by atoms with Crippen LogP contribution < -0.4 is 5.43 Å². The average molecular weight is 409 g/mol. The zero-order chi connectivity index (χ0) is 20.5. The normalized spacial score (nSPS) is 12.0. The van der Waals surface area contributed by atoms with Gasteiger partial charge in [-0.2, -0.15) is 23.4 Å². The number of hydrogen-bond acceptors (Lipinski definition) is 5. The van der Waals surface area contributed by atoms with E-state index in [1.807, 2.05) is 19.9 Å². The van der Waals surface area contributed by atoms with E-state index in [1.54, 1.807) is 6.92 Å². The van der Waals surface area contributed by atoms with Crippen molar-refractivity contribution in [2.75, 3.05) is 5.43 Å². The third-order valence-electron chi connectivity index (χ3n) is 3.81. The number of rotatable bonds is 4. The molecule has 0 saturated carbocycles. The van der Waals surface area contributed by atoms with Gasteiger partial charge in [-0.25, -0.2) is 20.1 Å². The van der Waals surface area contributed by atoms with Crippen LogP contribution in [0.25, 0.3) is 5.69 Å². The van der Waals surface area contributed by atoms with Crippen molar-refractivity contribution in [2.24, 2.45) is 5.10 Å². The van der Waals surface area contributed by atoms with Crippen molar-refractivity contribution in [1.82, 2.24) is 19.7 Å². The predicted molar refractivity (Wildman–Crippen MR) is 101 cm³/mol. The molecule has 0 atom stereocenters. The molecular weight excluding hydrogens is 393 g/mol. The minimum absolute atomic E-state index is 0.142. The summed E-state index contributed by atoms with van der Waals surface area (Å²) in [5.41, 5.74) is 4.69.